The molecule has 3 unspecified atom stereocenters. The molecule has 0 aromatic heterocycles. The van der Waals surface area contributed by atoms with Crippen LogP contribution in [0, 0.1) is 0 Å². The normalized spacial score (nSPS) is 13.8. The number of carbonyl (C=O) groups excluding carboxylic acids is 2. The van der Waals surface area contributed by atoms with E-state index < -0.39 is 18.2 Å². The molecule has 398 valence electrons. The third-order valence-corrected chi connectivity index (χ3v) is 13.1. The van der Waals surface area contributed by atoms with Gasteiger partial charge in [0.05, 0.1) is 25.2 Å². The molecule has 0 aliphatic rings. The summed E-state index contributed by atoms with van der Waals surface area (Å²) in [7, 11) is 0. The van der Waals surface area contributed by atoms with Crippen LogP contribution in [0.3, 0.4) is 0 Å². The van der Waals surface area contributed by atoms with Crippen LogP contribution >= 0.6 is 0 Å². The molecular formula is C63H111NO5. The van der Waals surface area contributed by atoms with Gasteiger partial charge in [-0.25, -0.2) is 0 Å². The highest BCUT2D eigenvalue weighted by molar-refractivity contribution is 5.77. The van der Waals surface area contributed by atoms with Gasteiger partial charge in [0.15, 0.2) is 0 Å². The van der Waals surface area contributed by atoms with Gasteiger partial charge in [-0.15, -0.1) is 0 Å². The molecule has 0 aliphatic heterocycles. The zero-order chi connectivity index (χ0) is 50.2. The molecule has 0 rings (SSSR count). The SMILES string of the molecule is CC\C=C/C=C/C=C/C=C\C=C\C=C\CCCC(CC(=O)NC(CO)C(O)CCCCCCCCCCCCCCCCCCC)OC(=O)CCCCCCC/C=C/CCCCCCCCCCC. The van der Waals surface area contributed by atoms with Crippen LogP contribution in [0.25, 0.3) is 0 Å². The number of aliphatic hydroxyl groups excluding tert-OH is 2. The number of aliphatic hydroxyl groups is 2. The first-order valence-corrected chi connectivity index (χ1v) is 29.4. The smallest absolute Gasteiger partial charge is 0.306 e. The predicted octanol–water partition coefficient (Wildman–Crippen LogP) is 18.3. The lowest BCUT2D eigenvalue weighted by molar-refractivity contribution is -0.151. The maximum absolute atomic E-state index is 13.3. The molecule has 1 amide bonds. The number of nitrogens with one attached hydrogen (secondary N) is 1. The third-order valence-electron chi connectivity index (χ3n) is 13.1. The van der Waals surface area contributed by atoms with Crippen molar-refractivity contribution in [2.24, 2.45) is 0 Å². The standard InChI is InChI=1S/C63H111NO5/c1-4-7-10-13-16-19-22-25-28-30-32-35-38-41-44-47-50-53-56-63(68)69-59(54-51-48-45-42-39-36-33-27-24-21-18-15-12-9-6-3)57-62(67)64-60(58-65)61(66)55-52-49-46-43-40-37-34-31-29-26-23-20-17-14-11-8-5-2/h9,12,15,18,21,24,27,32-33,35-36,39,42,45,59-61,65-66H,4-8,10-11,13-14,16-17,19-20,22-23,25-26,28-31,34,37-38,40-41,43-44,46-58H2,1-3H3,(H,64,67)/b12-9-,18-15+,24-21+,33-27-,35-32+,39-36+,45-42+. The van der Waals surface area contributed by atoms with Crippen molar-refractivity contribution in [2.45, 2.75) is 296 Å². The molecule has 0 aromatic rings. The number of amides is 1. The molecule has 0 fully saturated rings. The highest BCUT2D eigenvalue weighted by Crippen LogP contribution is 2.18. The largest absolute Gasteiger partial charge is 0.462 e. The molecular weight excluding hydrogens is 851 g/mol. The predicted molar refractivity (Wildman–Crippen MR) is 301 cm³/mol. The molecule has 0 bridgehead atoms. The van der Waals surface area contributed by atoms with Crippen molar-refractivity contribution >= 4 is 11.9 Å². The summed E-state index contributed by atoms with van der Waals surface area (Å²) in [5.41, 5.74) is 0. The molecule has 0 saturated carbocycles. The van der Waals surface area contributed by atoms with Crippen molar-refractivity contribution in [3.63, 3.8) is 0 Å². The van der Waals surface area contributed by atoms with Gasteiger partial charge in [-0.3, -0.25) is 9.59 Å². The number of rotatable bonds is 52. The van der Waals surface area contributed by atoms with Crippen molar-refractivity contribution in [3.8, 4) is 0 Å². The van der Waals surface area contributed by atoms with E-state index in [1.165, 1.54) is 167 Å². The number of ether oxygens (including phenoxy) is 1. The second-order valence-electron chi connectivity index (χ2n) is 19.8. The molecule has 69 heavy (non-hydrogen) atoms. The van der Waals surface area contributed by atoms with E-state index in [2.05, 4.69) is 50.4 Å². The Kier molecular flexibility index (Phi) is 53.6. The van der Waals surface area contributed by atoms with Gasteiger partial charge in [0.1, 0.15) is 6.10 Å². The average molecular weight is 963 g/mol. The zero-order valence-electron chi connectivity index (χ0n) is 45.4. The zero-order valence-corrected chi connectivity index (χ0v) is 45.4. The van der Waals surface area contributed by atoms with Crippen LogP contribution in [0.15, 0.2) is 85.1 Å². The minimum Gasteiger partial charge on any atom is -0.462 e. The second kappa shape index (κ2) is 56.0. The molecule has 0 heterocycles. The molecule has 6 nitrogen and oxygen atoms in total. The number of allylic oxidation sites excluding steroid dienone is 14. The Balaban J connectivity index is 4.64. The van der Waals surface area contributed by atoms with Crippen molar-refractivity contribution in [1.29, 1.82) is 0 Å². The van der Waals surface area contributed by atoms with E-state index in [1.807, 2.05) is 60.8 Å². The van der Waals surface area contributed by atoms with E-state index >= 15 is 0 Å². The minimum absolute atomic E-state index is 0.0206. The first-order chi connectivity index (χ1) is 34.0. The molecule has 3 N–H and O–H groups in total. The van der Waals surface area contributed by atoms with E-state index in [1.54, 1.807) is 0 Å². The van der Waals surface area contributed by atoms with Gasteiger partial charge in [-0.05, 0) is 64.2 Å². The molecule has 3 atom stereocenters. The number of hydrogen-bond acceptors (Lipinski definition) is 5. The van der Waals surface area contributed by atoms with Gasteiger partial charge in [0.25, 0.3) is 0 Å². The van der Waals surface area contributed by atoms with Gasteiger partial charge in [-0.1, -0.05) is 286 Å². The monoisotopic (exact) mass is 962 g/mol. The fourth-order valence-corrected chi connectivity index (χ4v) is 8.70. The summed E-state index contributed by atoms with van der Waals surface area (Å²) in [5, 5.41) is 23.9. The van der Waals surface area contributed by atoms with E-state index in [4.69, 9.17) is 4.74 Å². The molecule has 0 saturated heterocycles. The molecule has 6 heteroatoms. The summed E-state index contributed by atoms with van der Waals surface area (Å²) in [6.07, 6.45) is 73.7. The van der Waals surface area contributed by atoms with Crippen molar-refractivity contribution in [1.82, 2.24) is 5.32 Å². The van der Waals surface area contributed by atoms with Crippen LogP contribution < -0.4 is 5.32 Å². The Morgan fingerprint density at radius 3 is 1.25 bits per heavy atom. The maximum Gasteiger partial charge on any atom is 0.306 e. The first kappa shape index (κ1) is 66.0. The fraction of sp³-hybridized carbons (Fsp3) is 0.746. The summed E-state index contributed by atoms with van der Waals surface area (Å²) in [5.74, 6) is -0.556. The van der Waals surface area contributed by atoms with Crippen LogP contribution in [-0.4, -0.2) is 46.9 Å². The van der Waals surface area contributed by atoms with E-state index in [-0.39, 0.29) is 24.9 Å². The van der Waals surface area contributed by atoms with Gasteiger partial charge in [0, 0.05) is 6.42 Å². The lowest BCUT2D eigenvalue weighted by Gasteiger charge is -2.24. The number of carbonyl (C=O) groups is 2. The molecule has 0 aromatic carbocycles. The average Bonchev–Trinajstić information content (AvgIpc) is 3.34. The highest BCUT2D eigenvalue weighted by Gasteiger charge is 2.24. The van der Waals surface area contributed by atoms with Crippen LogP contribution in [0.4, 0.5) is 0 Å². The number of hydrogen-bond donors (Lipinski definition) is 3. The van der Waals surface area contributed by atoms with Gasteiger partial charge >= 0.3 is 5.97 Å². The summed E-state index contributed by atoms with van der Waals surface area (Å²) in [6.45, 7) is 6.34. The molecule has 0 spiro atoms. The Morgan fingerprint density at radius 2 is 0.812 bits per heavy atom. The molecule has 0 radical (unpaired) electrons. The molecule has 0 aliphatic carbocycles. The first-order valence-electron chi connectivity index (χ1n) is 29.4. The summed E-state index contributed by atoms with van der Waals surface area (Å²) in [6, 6.07) is -0.733. The number of unbranched alkanes of at least 4 members (excludes halogenated alkanes) is 31. The van der Waals surface area contributed by atoms with E-state index in [9.17, 15) is 19.8 Å². The van der Waals surface area contributed by atoms with Crippen molar-refractivity contribution < 1.29 is 24.5 Å². The quantitative estimate of drug-likeness (QED) is 0.0244. The van der Waals surface area contributed by atoms with Crippen molar-refractivity contribution in [2.75, 3.05) is 6.61 Å². The topological polar surface area (TPSA) is 95.9 Å². The Morgan fingerprint density at radius 1 is 0.435 bits per heavy atom. The van der Waals surface area contributed by atoms with Gasteiger partial charge in [-0.2, -0.15) is 0 Å². The maximum atomic E-state index is 13.3. The van der Waals surface area contributed by atoms with Crippen molar-refractivity contribution in [3.05, 3.63) is 85.1 Å². The van der Waals surface area contributed by atoms with Crippen LogP contribution in [0.1, 0.15) is 278 Å². The van der Waals surface area contributed by atoms with Crippen LogP contribution in [0.2, 0.25) is 0 Å². The summed E-state index contributed by atoms with van der Waals surface area (Å²) < 4.78 is 5.92. The lowest BCUT2D eigenvalue weighted by Crippen LogP contribution is -2.46. The second-order valence-corrected chi connectivity index (χ2v) is 19.8. The minimum atomic E-state index is -0.814. The fourth-order valence-electron chi connectivity index (χ4n) is 8.70. The van der Waals surface area contributed by atoms with Gasteiger partial charge in [0.2, 0.25) is 5.91 Å². The van der Waals surface area contributed by atoms with Crippen LogP contribution in [-0.2, 0) is 14.3 Å². The van der Waals surface area contributed by atoms with Crippen LogP contribution in [0.5, 0.6) is 0 Å². The van der Waals surface area contributed by atoms with Gasteiger partial charge < -0.3 is 20.3 Å². The Hall–Kier alpha value is -2.96. The Labute approximate surface area is 427 Å². The summed E-state index contributed by atoms with van der Waals surface area (Å²) >= 11 is 0. The van der Waals surface area contributed by atoms with E-state index in [0.29, 0.717) is 19.3 Å². The highest BCUT2D eigenvalue weighted by atomic mass is 16.5. The third kappa shape index (κ3) is 51.2. The summed E-state index contributed by atoms with van der Waals surface area (Å²) in [4.78, 5) is 26.3. The van der Waals surface area contributed by atoms with E-state index in [0.717, 1.165) is 64.2 Å². The Bertz CT molecular complexity index is 1310. The lowest BCUT2D eigenvalue weighted by atomic mass is 10.0. The number of esters is 1.